The minimum absolute atomic E-state index is 0.0876. The lowest BCUT2D eigenvalue weighted by molar-refractivity contribution is -0.132. The van der Waals surface area contributed by atoms with Crippen LogP contribution in [0.2, 0.25) is 0 Å². The van der Waals surface area contributed by atoms with E-state index < -0.39 is 6.04 Å². The molecule has 1 aromatic heterocycles. The van der Waals surface area contributed by atoms with Crippen molar-refractivity contribution in [2.75, 3.05) is 13.1 Å². The molecule has 2 amide bonds. The molecular weight excluding hydrogens is 260 g/mol. The van der Waals surface area contributed by atoms with E-state index in [1.807, 2.05) is 25.3 Å². The second kappa shape index (κ2) is 7.09. The zero-order chi connectivity index (χ0) is 14.4. The molecule has 19 heavy (non-hydrogen) atoms. The van der Waals surface area contributed by atoms with Crippen molar-refractivity contribution in [2.24, 2.45) is 0 Å². The summed E-state index contributed by atoms with van der Waals surface area (Å²) in [5.41, 5.74) is 0.923. The molecule has 0 bridgehead atoms. The number of amides is 2. The van der Waals surface area contributed by atoms with Crippen LogP contribution in [0.25, 0.3) is 0 Å². The molecule has 0 radical (unpaired) electrons. The SMILES string of the molecule is C=C(C)CN(CC)C(=O)C(C)NC(=O)c1cccs1. The van der Waals surface area contributed by atoms with Gasteiger partial charge in [-0.05, 0) is 32.2 Å². The highest BCUT2D eigenvalue weighted by molar-refractivity contribution is 7.12. The Balaban J connectivity index is 2.61. The maximum atomic E-state index is 12.2. The second-order valence-electron chi connectivity index (χ2n) is 4.48. The van der Waals surface area contributed by atoms with Crippen molar-refractivity contribution >= 4 is 23.2 Å². The Morgan fingerprint density at radius 3 is 2.68 bits per heavy atom. The van der Waals surface area contributed by atoms with Gasteiger partial charge in [-0.2, -0.15) is 0 Å². The first-order valence-electron chi connectivity index (χ1n) is 6.23. The van der Waals surface area contributed by atoms with E-state index in [-0.39, 0.29) is 11.8 Å². The van der Waals surface area contributed by atoms with Crippen LogP contribution in [0.15, 0.2) is 29.7 Å². The largest absolute Gasteiger partial charge is 0.340 e. The quantitative estimate of drug-likeness (QED) is 0.813. The summed E-state index contributed by atoms with van der Waals surface area (Å²) in [6.07, 6.45) is 0. The summed E-state index contributed by atoms with van der Waals surface area (Å²) >= 11 is 1.36. The van der Waals surface area contributed by atoms with Crippen LogP contribution >= 0.6 is 11.3 Å². The lowest BCUT2D eigenvalue weighted by atomic mass is 10.2. The Labute approximate surface area is 118 Å². The first-order chi connectivity index (χ1) is 8.95. The molecule has 1 aromatic rings. The van der Waals surface area contributed by atoms with Crippen LogP contribution in [0, 0.1) is 0 Å². The number of likely N-dealkylation sites (N-methyl/N-ethyl adjacent to an activating group) is 1. The molecule has 0 aliphatic heterocycles. The van der Waals surface area contributed by atoms with E-state index in [0.29, 0.717) is 18.0 Å². The molecule has 1 heterocycles. The number of hydrogen-bond acceptors (Lipinski definition) is 3. The third kappa shape index (κ3) is 4.52. The lowest BCUT2D eigenvalue weighted by Crippen LogP contribution is -2.47. The molecular formula is C14H20N2O2S. The van der Waals surface area contributed by atoms with Gasteiger partial charge in [-0.3, -0.25) is 9.59 Å². The van der Waals surface area contributed by atoms with Gasteiger partial charge in [-0.1, -0.05) is 18.2 Å². The fraction of sp³-hybridized carbons (Fsp3) is 0.429. The lowest BCUT2D eigenvalue weighted by Gasteiger charge is -2.25. The summed E-state index contributed by atoms with van der Waals surface area (Å²) in [4.78, 5) is 26.3. The monoisotopic (exact) mass is 280 g/mol. The van der Waals surface area contributed by atoms with Gasteiger partial charge in [-0.15, -0.1) is 11.3 Å². The third-order valence-electron chi connectivity index (χ3n) is 2.62. The minimum Gasteiger partial charge on any atom is -0.340 e. The summed E-state index contributed by atoms with van der Waals surface area (Å²) in [5.74, 6) is -0.294. The zero-order valence-electron chi connectivity index (χ0n) is 11.6. The summed E-state index contributed by atoms with van der Waals surface area (Å²) in [6.45, 7) is 10.4. The topological polar surface area (TPSA) is 49.4 Å². The molecule has 0 aliphatic rings. The third-order valence-corrected chi connectivity index (χ3v) is 3.49. The van der Waals surface area contributed by atoms with Gasteiger partial charge in [0.15, 0.2) is 0 Å². The molecule has 1 rings (SSSR count). The number of carbonyl (C=O) groups excluding carboxylic acids is 2. The standard InChI is InChI=1S/C14H20N2O2S/c1-5-16(9-10(2)3)14(18)11(4)15-13(17)12-7-6-8-19-12/h6-8,11H,2,5,9H2,1,3-4H3,(H,15,17). The molecule has 0 aliphatic carbocycles. The van der Waals surface area contributed by atoms with E-state index in [2.05, 4.69) is 11.9 Å². The van der Waals surface area contributed by atoms with Crippen molar-refractivity contribution in [1.82, 2.24) is 10.2 Å². The van der Waals surface area contributed by atoms with Crippen LogP contribution in [0.3, 0.4) is 0 Å². The Kier molecular flexibility index (Phi) is 5.76. The van der Waals surface area contributed by atoms with E-state index in [9.17, 15) is 9.59 Å². The first kappa shape index (κ1) is 15.4. The average Bonchev–Trinajstić information content (AvgIpc) is 2.88. The van der Waals surface area contributed by atoms with E-state index in [0.717, 1.165) is 5.57 Å². The van der Waals surface area contributed by atoms with Crippen molar-refractivity contribution in [3.05, 3.63) is 34.5 Å². The molecule has 0 fully saturated rings. The number of rotatable bonds is 6. The van der Waals surface area contributed by atoms with Crippen molar-refractivity contribution < 1.29 is 9.59 Å². The Hall–Kier alpha value is -1.62. The summed E-state index contributed by atoms with van der Waals surface area (Å²) in [6, 6.07) is 3.02. The minimum atomic E-state index is -0.533. The maximum absolute atomic E-state index is 12.2. The van der Waals surface area contributed by atoms with Gasteiger partial charge < -0.3 is 10.2 Å². The van der Waals surface area contributed by atoms with Crippen molar-refractivity contribution in [2.45, 2.75) is 26.8 Å². The molecule has 0 saturated heterocycles. The number of hydrogen-bond donors (Lipinski definition) is 1. The highest BCUT2D eigenvalue weighted by Gasteiger charge is 2.21. The van der Waals surface area contributed by atoms with Gasteiger partial charge >= 0.3 is 0 Å². The van der Waals surface area contributed by atoms with E-state index in [1.54, 1.807) is 17.9 Å². The molecule has 5 heteroatoms. The average molecular weight is 280 g/mol. The normalized spacial score (nSPS) is 11.7. The fourth-order valence-corrected chi connectivity index (χ4v) is 2.31. The molecule has 1 N–H and O–H groups in total. The zero-order valence-corrected chi connectivity index (χ0v) is 12.4. The van der Waals surface area contributed by atoms with Gasteiger partial charge in [0, 0.05) is 13.1 Å². The van der Waals surface area contributed by atoms with Gasteiger partial charge in [0.05, 0.1) is 4.88 Å². The number of thiophene rings is 1. The van der Waals surface area contributed by atoms with Crippen LogP contribution in [-0.4, -0.2) is 35.8 Å². The number of carbonyl (C=O) groups is 2. The second-order valence-corrected chi connectivity index (χ2v) is 5.43. The summed E-state index contributed by atoms with van der Waals surface area (Å²) in [5, 5.41) is 4.55. The molecule has 104 valence electrons. The highest BCUT2D eigenvalue weighted by Crippen LogP contribution is 2.08. The van der Waals surface area contributed by atoms with Crippen LogP contribution in [0.1, 0.15) is 30.4 Å². The number of nitrogens with zero attached hydrogens (tertiary/aromatic N) is 1. The van der Waals surface area contributed by atoms with Crippen LogP contribution in [0.5, 0.6) is 0 Å². The van der Waals surface area contributed by atoms with Gasteiger partial charge in [0.2, 0.25) is 5.91 Å². The van der Waals surface area contributed by atoms with Crippen LogP contribution < -0.4 is 5.32 Å². The van der Waals surface area contributed by atoms with Gasteiger partial charge in [0.1, 0.15) is 6.04 Å². The van der Waals surface area contributed by atoms with Crippen molar-refractivity contribution in [1.29, 1.82) is 0 Å². The molecule has 0 aromatic carbocycles. The molecule has 4 nitrogen and oxygen atoms in total. The van der Waals surface area contributed by atoms with E-state index in [4.69, 9.17) is 0 Å². The van der Waals surface area contributed by atoms with Crippen LogP contribution in [0.4, 0.5) is 0 Å². The fourth-order valence-electron chi connectivity index (χ4n) is 1.68. The summed E-state index contributed by atoms with van der Waals surface area (Å²) in [7, 11) is 0. The van der Waals surface area contributed by atoms with Gasteiger partial charge in [0.25, 0.3) is 5.91 Å². The maximum Gasteiger partial charge on any atom is 0.261 e. The van der Waals surface area contributed by atoms with E-state index >= 15 is 0 Å². The van der Waals surface area contributed by atoms with Gasteiger partial charge in [-0.25, -0.2) is 0 Å². The molecule has 0 saturated carbocycles. The smallest absolute Gasteiger partial charge is 0.261 e. The number of nitrogens with one attached hydrogen (secondary N) is 1. The van der Waals surface area contributed by atoms with Crippen molar-refractivity contribution in [3.63, 3.8) is 0 Å². The molecule has 1 atom stereocenters. The Bertz CT molecular complexity index is 454. The highest BCUT2D eigenvalue weighted by atomic mass is 32.1. The first-order valence-corrected chi connectivity index (χ1v) is 7.11. The predicted molar refractivity (Wildman–Crippen MR) is 78.3 cm³/mol. The Morgan fingerprint density at radius 1 is 1.53 bits per heavy atom. The van der Waals surface area contributed by atoms with Crippen molar-refractivity contribution in [3.8, 4) is 0 Å². The van der Waals surface area contributed by atoms with E-state index in [1.165, 1.54) is 11.3 Å². The molecule has 1 unspecified atom stereocenters. The Morgan fingerprint density at radius 2 is 2.21 bits per heavy atom. The molecule has 0 spiro atoms. The predicted octanol–water partition coefficient (Wildman–Crippen LogP) is 2.29. The van der Waals surface area contributed by atoms with Crippen LogP contribution in [-0.2, 0) is 4.79 Å². The summed E-state index contributed by atoms with van der Waals surface area (Å²) < 4.78 is 0.